The van der Waals surface area contributed by atoms with Crippen molar-refractivity contribution in [2.45, 2.75) is 0 Å². The fraction of sp³-hybridized carbons (Fsp3) is 0.0385. The molecule has 0 fully saturated rings. The predicted molar refractivity (Wildman–Crippen MR) is 137 cm³/mol. The molecule has 0 aliphatic rings. The zero-order valence-corrected chi connectivity index (χ0v) is 19.1. The number of benzene rings is 4. The van der Waals surface area contributed by atoms with Gasteiger partial charge in [0.15, 0.2) is 0 Å². The van der Waals surface area contributed by atoms with Crippen LogP contribution in [0.1, 0.15) is 10.4 Å². The molecule has 30 heavy (non-hydrogen) atoms. The monoisotopic (exact) mass is 454 g/mol. The SMILES string of the molecule is Cl.Cl.O=C(C[PH](c1ccccc1)(c1ccccc1)c1ccccc1)c1ccccc1. The van der Waals surface area contributed by atoms with Crippen molar-refractivity contribution in [3.63, 3.8) is 0 Å². The van der Waals surface area contributed by atoms with Crippen LogP contribution in [-0.4, -0.2) is 11.9 Å². The summed E-state index contributed by atoms with van der Waals surface area (Å²) in [4.78, 5) is 13.4. The Hall–Kier alpha value is -2.44. The topological polar surface area (TPSA) is 17.1 Å². The molecule has 0 unspecified atom stereocenters. The van der Waals surface area contributed by atoms with Crippen molar-refractivity contribution in [3.8, 4) is 0 Å². The molecular weight excluding hydrogens is 430 g/mol. The summed E-state index contributed by atoms with van der Waals surface area (Å²) in [5, 5.41) is 3.78. The molecule has 154 valence electrons. The number of carbonyl (C=O) groups excluding carboxylic acids is 1. The van der Waals surface area contributed by atoms with E-state index in [0.717, 1.165) is 5.56 Å². The van der Waals surface area contributed by atoms with Gasteiger partial charge in [-0.25, -0.2) is 0 Å². The van der Waals surface area contributed by atoms with Crippen LogP contribution in [0.3, 0.4) is 0 Å². The maximum atomic E-state index is 13.4. The van der Waals surface area contributed by atoms with Crippen LogP contribution < -0.4 is 15.9 Å². The summed E-state index contributed by atoms with van der Waals surface area (Å²) in [6, 6.07) is 41.4. The Bertz CT molecular complexity index is 943. The molecule has 1 nitrogen and oxygen atoms in total. The van der Waals surface area contributed by atoms with Crippen LogP contribution >= 0.6 is 32.1 Å². The Morgan fingerprint density at radius 1 is 0.500 bits per heavy atom. The second-order valence-corrected chi connectivity index (χ2v) is 10.9. The van der Waals surface area contributed by atoms with Gasteiger partial charge in [0.2, 0.25) is 0 Å². The van der Waals surface area contributed by atoms with Crippen molar-refractivity contribution >= 4 is 53.8 Å². The molecule has 0 saturated carbocycles. The van der Waals surface area contributed by atoms with E-state index < -0.39 is 7.26 Å². The van der Waals surface area contributed by atoms with E-state index in [1.54, 1.807) is 0 Å². The molecule has 0 amide bonds. The Kier molecular flexibility index (Phi) is 8.81. The number of carbonyl (C=O) groups is 1. The quantitative estimate of drug-likeness (QED) is 0.280. The molecule has 0 aliphatic heterocycles. The second kappa shape index (κ2) is 11.1. The maximum absolute atomic E-state index is 13.4. The summed E-state index contributed by atoms with van der Waals surface area (Å²) in [6.45, 7) is 0. The van der Waals surface area contributed by atoms with Crippen LogP contribution in [0.15, 0.2) is 121 Å². The molecule has 0 saturated heterocycles. The van der Waals surface area contributed by atoms with E-state index in [9.17, 15) is 4.79 Å². The van der Waals surface area contributed by atoms with Crippen molar-refractivity contribution in [2.24, 2.45) is 0 Å². The molecule has 0 heterocycles. The zero-order valence-electron chi connectivity index (χ0n) is 16.5. The number of rotatable bonds is 6. The molecule has 0 spiro atoms. The first kappa shape index (κ1) is 23.8. The minimum absolute atomic E-state index is 0. The summed E-state index contributed by atoms with van der Waals surface area (Å²) in [7, 11) is -2.52. The Morgan fingerprint density at radius 2 is 0.800 bits per heavy atom. The number of ketones is 1. The number of hydrogen-bond donors (Lipinski definition) is 0. The fourth-order valence-electron chi connectivity index (χ4n) is 3.94. The van der Waals surface area contributed by atoms with Crippen molar-refractivity contribution in [1.82, 2.24) is 0 Å². The van der Waals surface area contributed by atoms with E-state index >= 15 is 0 Å². The van der Waals surface area contributed by atoms with E-state index in [-0.39, 0.29) is 30.6 Å². The normalized spacial score (nSPS) is 10.9. The van der Waals surface area contributed by atoms with Gasteiger partial charge in [0.1, 0.15) is 0 Å². The molecule has 4 aromatic rings. The Balaban J connectivity index is 0.00000160. The molecule has 0 aromatic heterocycles. The van der Waals surface area contributed by atoms with E-state index in [1.807, 2.05) is 48.5 Å². The first-order valence-electron chi connectivity index (χ1n) is 9.55. The first-order chi connectivity index (χ1) is 13.8. The summed E-state index contributed by atoms with van der Waals surface area (Å²) < 4.78 is 0. The Morgan fingerprint density at radius 3 is 1.13 bits per heavy atom. The second-order valence-electron chi connectivity index (χ2n) is 6.97. The van der Waals surface area contributed by atoms with Crippen molar-refractivity contribution in [2.75, 3.05) is 6.16 Å². The van der Waals surface area contributed by atoms with Crippen molar-refractivity contribution in [1.29, 1.82) is 0 Å². The van der Waals surface area contributed by atoms with Crippen molar-refractivity contribution in [3.05, 3.63) is 127 Å². The first-order valence-corrected chi connectivity index (χ1v) is 11.8. The predicted octanol–water partition coefficient (Wildman–Crippen LogP) is 5.44. The van der Waals surface area contributed by atoms with Gasteiger partial charge in [-0.05, 0) is 0 Å². The number of halogens is 2. The molecule has 4 aromatic carbocycles. The summed E-state index contributed by atoms with van der Waals surface area (Å²) in [5.74, 6) is 0.198. The standard InChI is InChI=1S/C26H23OP.2ClH/c27-26(22-13-5-1-6-14-22)21-28(23-15-7-2-8-16-23,24-17-9-3-10-18-24)25-19-11-4-12-20-25;;/h1-20,28H,21H2;2*1H. The van der Waals surface area contributed by atoms with Gasteiger partial charge in [-0.1, -0.05) is 0 Å². The summed E-state index contributed by atoms with van der Waals surface area (Å²) >= 11 is 0. The van der Waals surface area contributed by atoms with Gasteiger partial charge in [-0.15, -0.1) is 24.8 Å². The minimum atomic E-state index is -2.52. The van der Waals surface area contributed by atoms with E-state index in [0.29, 0.717) is 6.16 Å². The van der Waals surface area contributed by atoms with E-state index in [4.69, 9.17) is 0 Å². The molecule has 4 rings (SSSR count). The molecular formula is C26H25Cl2OP. The van der Waals surface area contributed by atoms with Gasteiger partial charge in [0, 0.05) is 0 Å². The molecule has 4 heteroatoms. The average Bonchev–Trinajstić information content (AvgIpc) is 2.80. The Labute approximate surface area is 191 Å². The molecule has 0 bridgehead atoms. The van der Waals surface area contributed by atoms with E-state index in [2.05, 4.69) is 72.8 Å². The van der Waals surface area contributed by atoms with Crippen LogP contribution in [0.4, 0.5) is 0 Å². The van der Waals surface area contributed by atoms with Gasteiger partial charge in [-0.3, -0.25) is 0 Å². The molecule has 0 atom stereocenters. The average molecular weight is 455 g/mol. The zero-order chi connectivity index (χ0) is 19.2. The van der Waals surface area contributed by atoms with Crippen LogP contribution in [0.5, 0.6) is 0 Å². The summed E-state index contributed by atoms with van der Waals surface area (Å²) in [6.07, 6.45) is 0.509. The number of Topliss-reactive ketones (excluding diaryl/α,β-unsaturated/α-hetero) is 1. The molecule has 0 radical (unpaired) electrons. The third-order valence-electron chi connectivity index (χ3n) is 5.32. The third-order valence-corrected chi connectivity index (χ3v) is 10.1. The molecule has 0 N–H and O–H groups in total. The van der Waals surface area contributed by atoms with Crippen LogP contribution in [0.25, 0.3) is 0 Å². The van der Waals surface area contributed by atoms with E-state index in [1.165, 1.54) is 15.9 Å². The van der Waals surface area contributed by atoms with Gasteiger partial charge in [0.25, 0.3) is 0 Å². The van der Waals surface area contributed by atoms with Crippen LogP contribution in [0, 0.1) is 0 Å². The molecule has 0 aliphatic carbocycles. The number of hydrogen-bond acceptors (Lipinski definition) is 1. The fourth-order valence-corrected chi connectivity index (χ4v) is 8.52. The van der Waals surface area contributed by atoms with Crippen molar-refractivity contribution < 1.29 is 4.79 Å². The van der Waals surface area contributed by atoms with Gasteiger partial charge in [-0.2, -0.15) is 0 Å². The third kappa shape index (κ3) is 4.82. The van der Waals surface area contributed by atoms with Gasteiger partial charge >= 0.3 is 167 Å². The van der Waals surface area contributed by atoms with Crippen LogP contribution in [0.2, 0.25) is 0 Å². The van der Waals surface area contributed by atoms with Gasteiger partial charge in [0.05, 0.1) is 0 Å². The van der Waals surface area contributed by atoms with Crippen LogP contribution in [-0.2, 0) is 0 Å². The van der Waals surface area contributed by atoms with Gasteiger partial charge < -0.3 is 0 Å². The summed E-state index contributed by atoms with van der Waals surface area (Å²) in [5.41, 5.74) is 0.780.